The number of benzene rings is 5. The molecule has 0 bridgehead atoms. The smallest absolute Gasteiger partial charge is 0.336 e. The van der Waals surface area contributed by atoms with E-state index in [0.29, 0.717) is 36.6 Å². The second-order valence-corrected chi connectivity index (χ2v) is 10.4. The first kappa shape index (κ1) is 27.0. The van der Waals surface area contributed by atoms with Gasteiger partial charge in [-0.15, -0.1) is 0 Å². The summed E-state index contributed by atoms with van der Waals surface area (Å²) >= 11 is 0. The molecule has 7 heteroatoms. The van der Waals surface area contributed by atoms with E-state index in [4.69, 9.17) is 4.74 Å². The van der Waals surface area contributed by atoms with Crippen molar-refractivity contribution >= 4 is 28.3 Å². The first-order chi connectivity index (χ1) is 20.4. The van der Waals surface area contributed by atoms with Gasteiger partial charge in [0.15, 0.2) is 0 Å². The standard InChI is InChI=1S/C35H29FN2O4/c1-22(25-12-11-24-6-2-3-7-26(24)19-25)37-34(39)27-13-15-32-33(20-27)42-17-16-38(32)21-23-10-14-29(31(36)18-23)28-8-4-5-9-30(28)35(40)41/h2-15,18-20,22H,16-17,21H2,1H3,(H,37,39)(H,40,41)/t22-/m0/s1. The van der Waals surface area contributed by atoms with Gasteiger partial charge in [-0.3, -0.25) is 4.79 Å². The minimum atomic E-state index is -1.10. The van der Waals surface area contributed by atoms with E-state index in [1.54, 1.807) is 36.4 Å². The zero-order valence-corrected chi connectivity index (χ0v) is 23.0. The lowest BCUT2D eigenvalue weighted by Crippen LogP contribution is -2.32. The van der Waals surface area contributed by atoms with E-state index >= 15 is 4.39 Å². The number of halogens is 1. The Morgan fingerprint density at radius 1 is 0.905 bits per heavy atom. The number of amides is 1. The number of carboxylic acids is 1. The summed E-state index contributed by atoms with van der Waals surface area (Å²) in [6.45, 7) is 3.42. The molecule has 0 radical (unpaired) electrons. The van der Waals surface area contributed by atoms with Crippen LogP contribution in [0.4, 0.5) is 10.1 Å². The van der Waals surface area contributed by atoms with E-state index in [2.05, 4.69) is 34.5 Å². The van der Waals surface area contributed by atoms with Gasteiger partial charge in [-0.2, -0.15) is 0 Å². The Morgan fingerprint density at radius 2 is 1.69 bits per heavy atom. The summed E-state index contributed by atoms with van der Waals surface area (Å²) in [6.07, 6.45) is 0. The molecule has 0 aliphatic carbocycles. The summed E-state index contributed by atoms with van der Waals surface area (Å²) in [5.74, 6) is -1.18. The molecule has 5 aromatic carbocycles. The molecule has 0 aromatic heterocycles. The summed E-state index contributed by atoms with van der Waals surface area (Å²) in [4.78, 5) is 26.8. The average molecular weight is 561 g/mol. The molecule has 5 aromatic rings. The maximum absolute atomic E-state index is 15.2. The van der Waals surface area contributed by atoms with Gasteiger partial charge >= 0.3 is 5.97 Å². The van der Waals surface area contributed by atoms with Crippen LogP contribution in [-0.2, 0) is 6.54 Å². The monoisotopic (exact) mass is 560 g/mol. The van der Waals surface area contributed by atoms with E-state index in [1.807, 2.05) is 37.3 Å². The van der Waals surface area contributed by atoms with Gasteiger partial charge in [0.1, 0.15) is 18.2 Å². The lowest BCUT2D eigenvalue weighted by atomic mass is 9.98. The first-order valence-electron chi connectivity index (χ1n) is 13.8. The number of hydrogen-bond acceptors (Lipinski definition) is 4. The SMILES string of the molecule is C[C@H](NC(=O)c1ccc2c(c1)OCCN2Cc1ccc(-c2ccccc2C(=O)O)c(F)c1)c1ccc2ccccc2c1. The second-order valence-electron chi connectivity index (χ2n) is 10.4. The van der Waals surface area contributed by atoms with Crippen molar-refractivity contribution in [1.82, 2.24) is 5.32 Å². The van der Waals surface area contributed by atoms with Crippen LogP contribution < -0.4 is 15.0 Å². The highest BCUT2D eigenvalue weighted by Gasteiger charge is 2.22. The second kappa shape index (κ2) is 11.4. The Balaban J connectivity index is 1.17. The molecule has 0 unspecified atom stereocenters. The van der Waals surface area contributed by atoms with E-state index in [9.17, 15) is 14.7 Å². The van der Waals surface area contributed by atoms with Crippen LogP contribution in [0.5, 0.6) is 5.75 Å². The summed E-state index contributed by atoms with van der Waals surface area (Å²) in [5, 5.41) is 14.9. The van der Waals surface area contributed by atoms with Gasteiger partial charge in [-0.1, -0.05) is 66.7 Å². The van der Waals surface area contributed by atoms with Crippen LogP contribution in [0.25, 0.3) is 21.9 Å². The zero-order chi connectivity index (χ0) is 29.2. The number of carboxylic acid groups (broad SMARTS) is 1. The zero-order valence-electron chi connectivity index (χ0n) is 23.0. The molecule has 6 nitrogen and oxygen atoms in total. The van der Waals surface area contributed by atoms with Crippen molar-refractivity contribution in [2.45, 2.75) is 19.5 Å². The normalized spacial score (nSPS) is 13.2. The molecule has 1 amide bonds. The Morgan fingerprint density at radius 3 is 2.50 bits per heavy atom. The molecule has 0 saturated heterocycles. The van der Waals surface area contributed by atoms with Gasteiger partial charge < -0.3 is 20.1 Å². The largest absolute Gasteiger partial charge is 0.490 e. The number of carbonyl (C=O) groups is 2. The summed E-state index contributed by atoms with van der Waals surface area (Å²) in [5.41, 5.74) is 3.71. The Labute approximate surface area is 243 Å². The molecule has 210 valence electrons. The van der Waals surface area contributed by atoms with Crippen LogP contribution >= 0.6 is 0 Å². The maximum Gasteiger partial charge on any atom is 0.336 e. The van der Waals surface area contributed by atoms with E-state index < -0.39 is 11.8 Å². The Hall–Kier alpha value is -5.17. The predicted molar refractivity (Wildman–Crippen MR) is 162 cm³/mol. The van der Waals surface area contributed by atoms with Crippen LogP contribution in [0.15, 0.2) is 103 Å². The molecule has 1 atom stereocenters. The molecule has 0 fully saturated rings. The third-order valence-corrected chi connectivity index (χ3v) is 7.66. The summed E-state index contributed by atoms with van der Waals surface area (Å²) in [7, 11) is 0. The summed E-state index contributed by atoms with van der Waals surface area (Å²) < 4.78 is 21.1. The number of hydrogen-bond donors (Lipinski definition) is 2. The minimum Gasteiger partial charge on any atom is -0.490 e. The van der Waals surface area contributed by atoms with Crippen molar-refractivity contribution in [3.05, 3.63) is 131 Å². The van der Waals surface area contributed by atoms with Crippen molar-refractivity contribution in [1.29, 1.82) is 0 Å². The van der Waals surface area contributed by atoms with Crippen molar-refractivity contribution in [3.8, 4) is 16.9 Å². The molecule has 42 heavy (non-hydrogen) atoms. The molecule has 2 N–H and O–H groups in total. The Kier molecular flexibility index (Phi) is 7.32. The third-order valence-electron chi connectivity index (χ3n) is 7.66. The topological polar surface area (TPSA) is 78.9 Å². The molecule has 1 aliphatic rings. The van der Waals surface area contributed by atoms with Gasteiger partial charge in [-0.25, -0.2) is 9.18 Å². The quantitative estimate of drug-likeness (QED) is 0.220. The van der Waals surface area contributed by atoms with Crippen LogP contribution in [0.1, 0.15) is 44.8 Å². The van der Waals surface area contributed by atoms with E-state index in [0.717, 1.165) is 27.6 Å². The van der Waals surface area contributed by atoms with Crippen LogP contribution in [0.2, 0.25) is 0 Å². The van der Waals surface area contributed by atoms with E-state index in [-0.39, 0.29) is 23.1 Å². The van der Waals surface area contributed by atoms with Crippen molar-refractivity contribution in [3.63, 3.8) is 0 Å². The number of aromatic carboxylic acids is 1. The fraction of sp³-hybridized carbons (Fsp3) is 0.143. The van der Waals surface area contributed by atoms with Crippen molar-refractivity contribution in [2.24, 2.45) is 0 Å². The lowest BCUT2D eigenvalue weighted by molar-refractivity contribution is 0.0697. The van der Waals surface area contributed by atoms with Crippen molar-refractivity contribution in [2.75, 3.05) is 18.1 Å². The van der Waals surface area contributed by atoms with Gasteiger partial charge in [0.25, 0.3) is 5.91 Å². The number of nitrogens with one attached hydrogen (secondary N) is 1. The number of rotatable bonds is 7. The number of nitrogens with zero attached hydrogens (tertiary/aromatic N) is 1. The van der Waals surface area contributed by atoms with Gasteiger partial charge in [0.05, 0.1) is 23.8 Å². The van der Waals surface area contributed by atoms with Crippen LogP contribution in [-0.4, -0.2) is 30.1 Å². The van der Waals surface area contributed by atoms with Gasteiger partial charge in [0.2, 0.25) is 0 Å². The highest BCUT2D eigenvalue weighted by Crippen LogP contribution is 2.35. The van der Waals surface area contributed by atoms with E-state index in [1.165, 1.54) is 12.1 Å². The van der Waals surface area contributed by atoms with Gasteiger partial charge in [0, 0.05) is 17.7 Å². The highest BCUT2D eigenvalue weighted by atomic mass is 19.1. The van der Waals surface area contributed by atoms with Crippen molar-refractivity contribution < 1.29 is 23.8 Å². The molecular formula is C35H29FN2O4. The van der Waals surface area contributed by atoms with Gasteiger partial charge in [-0.05, 0) is 70.8 Å². The third kappa shape index (κ3) is 5.41. The lowest BCUT2D eigenvalue weighted by Gasteiger charge is -2.31. The number of fused-ring (bicyclic) bond motifs is 2. The maximum atomic E-state index is 15.2. The van der Waals surface area contributed by atoms with Crippen LogP contribution in [0.3, 0.4) is 0 Å². The molecule has 1 heterocycles. The molecule has 0 spiro atoms. The number of anilines is 1. The highest BCUT2D eigenvalue weighted by molar-refractivity contribution is 5.96. The number of ether oxygens (including phenoxy) is 1. The average Bonchev–Trinajstić information content (AvgIpc) is 3.00. The number of carbonyl (C=O) groups excluding carboxylic acids is 1. The molecule has 0 saturated carbocycles. The molecular weight excluding hydrogens is 531 g/mol. The Bertz CT molecular complexity index is 1820. The molecule has 6 rings (SSSR count). The van der Waals surface area contributed by atoms with Crippen LogP contribution in [0, 0.1) is 5.82 Å². The fourth-order valence-electron chi connectivity index (χ4n) is 5.42. The predicted octanol–water partition coefficient (Wildman–Crippen LogP) is 7.23. The summed E-state index contributed by atoms with van der Waals surface area (Å²) in [6, 6.07) is 30.8. The first-order valence-corrected chi connectivity index (χ1v) is 13.8. The fourth-order valence-corrected chi connectivity index (χ4v) is 5.42. The minimum absolute atomic E-state index is 0.0535. The molecule has 1 aliphatic heterocycles.